The minimum Gasteiger partial charge on any atom is -0.394 e. The summed E-state index contributed by atoms with van der Waals surface area (Å²) in [5.41, 5.74) is 0. The van der Waals surface area contributed by atoms with E-state index in [0.29, 0.717) is 0 Å². The second kappa shape index (κ2) is 6.25. The van der Waals surface area contributed by atoms with Crippen molar-refractivity contribution in [2.45, 2.75) is 24.4 Å². The maximum Gasteiger partial charge on any atom is 0.114 e. The van der Waals surface area contributed by atoms with Crippen LogP contribution in [0.5, 0.6) is 0 Å². The van der Waals surface area contributed by atoms with Crippen molar-refractivity contribution < 1.29 is 31.6 Å². The Morgan fingerprint density at radius 3 is 2.08 bits per heavy atom. The van der Waals surface area contributed by atoms with Gasteiger partial charge in [-0.05, 0) is 0 Å². The van der Waals surface area contributed by atoms with Crippen LogP contribution in [0.2, 0.25) is 0 Å². The largest absolute Gasteiger partial charge is 0.394 e. The lowest BCUT2D eigenvalue weighted by Crippen LogP contribution is -2.48. The molecule has 0 saturated heterocycles. The van der Waals surface area contributed by atoms with E-state index in [2.05, 4.69) is 4.74 Å². The molecule has 0 aromatic rings. The molecule has 6 heteroatoms. The van der Waals surface area contributed by atoms with Gasteiger partial charge in [-0.25, -0.2) is 0 Å². The van der Waals surface area contributed by atoms with Gasteiger partial charge in [-0.15, -0.1) is 0 Å². The Balaban J connectivity index is 4.31. The van der Waals surface area contributed by atoms with Gasteiger partial charge in [0.25, 0.3) is 0 Å². The van der Waals surface area contributed by atoms with E-state index in [0.717, 1.165) is 0 Å². The van der Waals surface area contributed by atoms with E-state index in [1.165, 1.54) is 0 Å². The monoisotopic (exact) mass is 197 g/mol. The van der Waals surface area contributed by atoms with Gasteiger partial charge < -0.3 is 30.3 Å². The molecule has 0 aliphatic heterocycles. The van der Waals surface area contributed by atoms with Crippen LogP contribution in [0.4, 0.5) is 0 Å². The Morgan fingerprint density at radius 1 is 1.15 bits per heavy atom. The highest BCUT2D eigenvalue weighted by molar-refractivity contribution is 4.81. The number of hydrogen-bond donors (Lipinski definition) is 5. The number of ether oxygens (including phenoxy) is 1. The van der Waals surface area contributed by atoms with E-state index in [9.17, 15) is 5.11 Å². The molecule has 13 heavy (non-hydrogen) atoms. The van der Waals surface area contributed by atoms with Gasteiger partial charge in [0.05, 0.1) is 14.6 Å². The van der Waals surface area contributed by atoms with Gasteiger partial charge in [0, 0.05) is 7.09 Å². The molecule has 0 fully saturated rings. The molecular formula is C7H16O6. The van der Waals surface area contributed by atoms with Gasteiger partial charge in [-0.3, -0.25) is 0 Å². The van der Waals surface area contributed by atoms with E-state index in [4.69, 9.17) is 21.8 Å². The molecule has 5 N–H and O–H groups in total. The molecule has 0 aliphatic carbocycles. The van der Waals surface area contributed by atoms with E-state index in [-0.39, 0.29) is 0 Å². The van der Waals surface area contributed by atoms with Crippen molar-refractivity contribution in [3.8, 4) is 0 Å². The first kappa shape index (κ1) is 10.8. The molecule has 0 spiro atoms. The Hall–Kier alpha value is -0.240. The number of aliphatic hydroxyl groups excluding tert-OH is 5. The Morgan fingerprint density at radius 2 is 1.69 bits per heavy atom. The molecular weight excluding hydrogens is 180 g/mol. The second-order valence-electron chi connectivity index (χ2n) is 2.62. The molecule has 0 unspecified atom stereocenters. The minimum absolute atomic E-state index is 0.531. The first-order valence-corrected chi connectivity index (χ1v) is 3.75. The standard InChI is InChI=1S/C7H16O6/c1-13-7(5(11)3-9)6(12)4(10)2-8/h4-12H,2-3H2,1H3/t4-,5+,6-,7-/m1/s1/i1D. The van der Waals surface area contributed by atoms with Crippen molar-refractivity contribution in [1.29, 1.82) is 0 Å². The van der Waals surface area contributed by atoms with Crippen LogP contribution in [0.25, 0.3) is 0 Å². The Kier molecular flexibility index (Phi) is 5.21. The highest BCUT2D eigenvalue weighted by Gasteiger charge is 2.31. The van der Waals surface area contributed by atoms with Crippen LogP contribution < -0.4 is 0 Å². The summed E-state index contributed by atoms with van der Waals surface area (Å²) in [5.74, 6) is 0. The molecule has 0 radical (unpaired) electrons. The summed E-state index contributed by atoms with van der Waals surface area (Å²) in [6.07, 6.45) is -5.73. The average Bonchev–Trinajstić information content (AvgIpc) is 2.22. The van der Waals surface area contributed by atoms with E-state index in [1.54, 1.807) is 0 Å². The zero-order chi connectivity index (χ0) is 11.1. The summed E-state index contributed by atoms with van der Waals surface area (Å²) in [6.45, 7) is -1.36. The van der Waals surface area contributed by atoms with Crippen molar-refractivity contribution in [3.05, 3.63) is 0 Å². The lowest BCUT2D eigenvalue weighted by atomic mass is 10.0. The van der Waals surface area contributed by atoms with Gasteiger partial charge in [0.1, 0.15) is 24.4 Å². The number of methoxy groups -OCH3 is 1. The molecule has 0 aromatic carbocycles. The predicted molar refractivity (Wildman–Crippen MR) is 43.0 cm³/mol. The number of hydrogen-bond acceptors (Lipinski definition) is 6. The normalized spacial score (nSPS) is 21.8. The molecule has 0 amide bonds. The summed E-state index contributed by atoms with van der Waals surface area (Å²) in [7, 11) is -0.531. The summed E-state index contributed by atoms with van der Waals surface area (Å²) < 4.78 is 11.3. The third kappa shape index (κ3) is 3.55. The zero-order valence-corrected chi connectivity index (χ0v) is 7.08. The summed E-state index contributed by atoms with van der Waals surface area (Å²) in [4.78, 5) is 0. The molecule has 80 valence electrons. The van der Waals surface area contributed by atoms with Crippen LogP contribution in [-0.2, 0) is 4.74 Å². The molecule has 0 rings (SSSR count). The Bertz CT molecular complexity index is 146. The van der Waals surface area contributed by atoms with E-state index >= 15 is 0 Å². The Labute approximate surface area is 77.4 Å². The van der Waals surface area contributed by atoms with E-state index in [1.807, 2.05) is 0 Å². The van der Waals surface area contributed by atoms with Crippen molar-refractivity contribution >= 4 is 0 Å². The first-order valence-electron chi connectivity index (χ1n) is 4.46. The highest BCUT2D eigenvalue weighted by Crippen LogP contribution is 2.08. The molecule has 0 saturated carbocycles. The summed E-state index contributed by atoms with van der Waals surface area (Å²) >= 11 is 0. The predicted octanol–water partition coefficient (Wildman–Crippen LogP) is -2.93. The lowest BCUT2D eigenvalue weighted by Gasteiger charge is -2.27. The smallest absolute Gasteiger partial charge is 0.114 e. The maximum absolute atomic E-state index is 9.32. The van der Waals surface area contributed by atoms with E-state index < -0.39 is 44.7 Å². The van der Waals surface area contributed by atoms with Crippen LogP contribution in [0, 0.1) is 0 Å². The van der Waals surface area contributed by atoms with Gasteiger partial charge in [-0.1, -0.05) is 0 Å². The SMILES string of the molecule is [2H]CO[C@@H]([C@H](O)[C@H](O)CO)[C@@H](O)CO. The van der Waals surface area contributed by atoms with Crippen molar-refractivity contribution in [3.63, 3.8) is 0 Å². The van der Waals surface area contributed by atoms with Crippen LogP contribution in [0.15, 0.2) is 0 Å². The average molecular weight is 197 g/mol. The minimum atomic E-state index is -1.55. The third-order valence-corrected chi connectivity index (χ3v) is 1.68. The van der Waals surface area contributed by atoms with Crippen LogP contribution in [0.3, 0.4) is 0 Å². The third-order valence-electron chi connectivity index (χ3n) is 1.68. The molecule has 0 aliphatic rings. The van der Waals surface area contributed by atoms with Crippen molar-refractivity contribution in [2.24, 2.45) is 0 Å². The number of rotatable bonds is 6. The fourth-order valence-electron chi connectivity index (χ4n) is 0.868. The highest BCUT2D eigenvalue weighted by atomic mass is 16.5. The first-order chi connectivity index (χ1) is 6.58. The van der Waals surface area contributed by atoms with Crippen LogP contribution in [-0.4, -0.2) is 70.2 Å². The quantitative estimate of drug-likeness (QED) is 0.312. The van der Waals surface area contributed by atoms with Gasteiger partial charge in [0.15, 0.2) is 0 Å². The topological polar surface area (TPSA) is 110 Å². The number of aliphatic hydroxyl groups is 5. The molecule has 0 aromatic heterocycles. The van der Waals surface area contributed by atoms with Gasteiger partial charge in [0.2, 0.25) is 0 Å². The summed E-state index contributed by atoms with van der Waals surface area (Å²) in [6, 6.07) is 0. The fourth-order valence-corrected chi connectivity index (χ4v) is 0.868. The van der Waals surface area contributed by atoms with Crippen LogP contribution in [0.1, 0.15) is 1.37 Å². The molecule has 4 atom stereocenters. The molecule has 6 nitrogen and oxygen atoms in total. The maximum atomic E-state index is 9.32. The zero-order valence-electron chi connectivity index (χ0n) is 8.08. The van der Waals surface area contributed by atoms with Gasteiger partial charge >= 0.3 is 0 Å². The lowest BCUT2D eigenvalue weighted by molar-refractivity contribution is -0.137. The summed E-state index contributed by atoms with van der Waals surface area (Å²) in [5, 5.41) is 44.6. The second-order valence-corrected chi connectivity index (χ2v) is 2.62. The van der Waals surface area contributed by atoms with Gasteiger partial charge in [-0.2, -0.15) is 0 Å². The molecule has 0 bridgehead atoms. The molecule has 0 heterocycles. The fraction of sp³-hybridized carbons (Fsp3) is 1.00. The van der Waals surface area contributed by atoms with Crippen molar-refractivity contribution in [2.75, 3.05) is 20.3 Å². The van der Waals surface area contributed by atoms with Crippen LogP contribution >= 0.6 is 0 Å². The van der Waals surface area contributed by atoms with Crippen molar-refractivity contribution in [1.82, 2.24) is 0 Å².